The van der Waals surface area contributed by atoms with Crippen LogP contribution in [0.4, 0.5) is 0 Å². The minimum Gasteiger partial charge on any atom is -0.496 e. The summed E-state index contributed by atoms with van der Waals surface area (Å²) in [5, 5.41) is 2.98. The Morgan fingerprint density at radius 3 is 2.43 bits per heavy atom. The summed E-state index contributed by atoms with van der Waals surface area (Å²) in [6.07, 6.45) is 0.960. The molecule has 2 rings (SSSR count). The summed E-state index contributed by atoms with van der Waals surface area (Å²) >= 11 is 0. The molecule has 1 N–H and O–H groups in total. The molecule has 4 heteroatoms. The van der Waals surface area contributed by atoms with Crippen LogP contribution in [0.15, 0.2) is 42.5 Å². The first-order valence-corrected chi connectivity index (χ1v) is 9.89. The maximum Gasteiger partial charge on any atom is 0.251 e. The molecule has 0 heterocycles. The molecule has 1 amide bonds. The molecule has 28 heavy (non-hydrogen) atoms. The molecule has 0 aliphatic carbocycles. The number of carbonyl (C=O) groups excluding carboxylic acids is 1. The summed E-state index contributed by atoms with van der Waals surface area (Å²) in [5.41, 5.74) is 2.60. The fraction of sp³-hybridized carbons (Fsp3) is 0.458. The molecule has 0 aliphatic heterocycles. The van der Waals surface area contributed by atoms with Crippen molar-refractivity contribution in [3.63, 3.8) is 0 Å². The molecule has 0 spiro atoms. The lowest BCUT2D eigenvalue weighted by molar-refractivity contribution is 0.0952. The molecule has 2 aromatic carbocycles. The van der Waals surface area contributed by atoms with E-state index >= 15 is 0 Å². The number of benzene rings is 2. The Bertz CT molecular complexity index is 791. The number of ether oxygens (including phenoxy) is 2. The minimum absolute atomic E-state index is 0.0151. The number of carbonyl (C=O) groups is 1. The minimum atomic E-state index is -0.0698. The van der Waals surface area contributed by atoms with Gasteiger partial charge in [0.15, 0.2) is 0 Å². The molecule has 152 valence electrons. The monoisotopic (exact) mass is 383 g/mol. The van der Waals surface area contributed by atoms with Crippen molar-refractivity contribution in [2.75, 3.05) is 13.7 Å². The lowest BCUT2D eigenvalue weighted by Crippen LogP contribution is -2.25. The summed E-state index contributed by atoms with van der Waals surface area (Å²) in [5.74, 6) is 2.05. The van der Waals surface area contributed by atoms with Crippen molar-refractivity contribution in [3.05, 3.63) is 59.2 Å². The van der Waals surface area contributed by atoms with Crippen LogP contribution in [0.2, 0.25) is 0 Å². The topological polar surface area (TPSA) is 47.6 Å². The highest BCUT2D eigenvalue weighted by Gasteiger charge is 2.19. The highest BCUT2D eigenvalue weighted by atomic mass is 16.5. The SMILES string of the molecule is COc1ccc(C(=O)NCCC(C)C)cc1COc1ccccc1C(C)(C)C. The number of methoxy groups -OCH3 is 1. The highest BCUT2D eigenvalue weighted by Crippen LogP contribution is 2.32. The van der Waals surface area contributed by atoms with Gasteiger partial charge >= 0.3 is 0 Å². The molecule has 2 aromatic rings. The third-order valence-corrected chi connectivity index (χ3v) is 4.63. The van der Waals surface area contributed by atoms with E-state index in [0.29, 0.717) is 30.4 Å². The van der Waals surface area contributed by atoms with E-state index < -0.39 is 0 Å². The van der Waals surface area contributed by atoms with E-state index in [1.807, 2.05) is 30.3 Å². The first-order valence-electron chi connectivity index (χ1n) is 9.89. The number of rotatable bonds is 8. The molecular formula is C24H33NO3. The van der Waals surface area contributed by atoms with Crippen LogP contribution in [0.1, 0.15) is 62.5 Å². The number of hydrogen-bond acceptors (Lipinski definition) is 3. The van der Waals surface area contributed by atoms with Gasteiger partial charge in [-0.25, -0.2) is 0 Å². The molecule has 0 saturated heterocycles. The van der Waals surface area contributed by atoms with Crippen LogP contribution >= 0.6 is 0 Å². The normalized spacial score (nSPS) is 11.4. The van der Waals surface area contributed by atoms with E-state index in [1.54, 1.807) is 13.2 Å². The molecule has 0 saturated carbocycles. The molecule has 4 nitrogen and oxygen atoms in total. The molecule has 0 bridgehead atoms. The second-order valence-electron chi connectivity index (χ2n) is 8.50. The average Bonchev–Trinajstić information content (AvgIpc) is 2.65. The van der Waals surface area contributed by atoms with Crippen LogP contribution in [-0.2, 0) is 12.0 Å². The summed E-state index contributed by atoms with van der Waals surface area (Å²) < 4.78 is 11.6. The van der Waals surface area contributed by atoms with Crippen molar-refractivity contribution in [3.8, 4) is 11.5 Å². The summed E-state index contributed by atoms with van der Waals surface area (Å²) in [6, 6.07) is 13.5. The predicted molar refractivity (Wildman–Crippen MR) is 114 cm³/mol. The smallest absolute Gasteiger partial charge is 0.251 e. The zero-order valence-electron chi connectivity index (χ0n) is 18.0. The van der Waals surface area contributed by atoms with Crippen LogP contribution in [0, 0.1) is 5.92 Å². The van der Waals surface area contributed by atoms with Crippen LogP contribution in [-0.4, -0.2) is 19.6 Å². The quantitative estimate of drug-likeness (QED) is 0.669. The first kappa shape index (κ1) is 21.8. The van der Waals surface area contributed by atoms with Gasteiger partial charge in [0.25, 0.3) is 5.91 Å². The second kappa shape index (κ2) is 9.63. The lowest BCUT2D eigenvalue weighted by Gasteiger charge is -2.23. The van der Waals surface area contributed by atoms with E-state index in [2.05, 4.69) is 46.0 Å². The highest BCUT2D eigenvalue weighted by molar-refractivity contribution is 5.94. The Labute approximate surface area is 169 Å². The van der Waals surface area contributed by atoms with Gasteiger partial charge in [-0.3, -0.25) is 4.79 Å². The number of amides is 1. The van der Waals surface area contributed by atoms with E-state index in [0.717, 1.165) is 23.3 Å². The van der Waals surface area contributed by atoms with Crippen LogP contribution in [0.3, 0.4) is 0 Å². The molecule has 0 aliphatic rings. The van der Waals surface area contributed by atoms with Crippen molar-refractivity contribution in [2.45, 2.75) is 53.1 Å². The van der Waals surface area contributed by atoms with Crippen LogP contribution < -0.4 is 14.8 Å². The van der Waals surface area contributed by atoms with Crippen molar-refractivity contribution < 1.29 is 14.3 Å². The maximum absolute atomic E-state index is 12.4. The Kier molecular flexibility index (Phi) is 7.50. The van der Waals surface area contributed by atoms with Gasteiger partial charge in [-0.05, 0) is 47.6 Å². The third kappa shape index (κ3) is 6.01. The maximum atomic E-state index is 12.4. The van der Waals surface area contributed by atoms with Gasteiger partial charge in [0.2, 0.25) is 0 Å². The van der Waals surface area contributed by atoms with E-state index in [-0.39, 0.29) is 11.3 Å². The summed E-state index contributed by atoms with van der Waals surface area (Å²) in [6.45, 7) is 11.8. The summed E-state index contributed by atoms with van der Waals surface area (Å²) in [7, 11) is 1.63. The molecular weight excluding hydrogens is 350 g/mol. The van der Waals surface area contributed by atoms with Crippen molar-refractivity contribution in [2.24, 2.45) is 5.92 Å². The number of para-hydroxylation sites is 1. The van der Waals surface area contributed by atoms with E-state index in [9.17, 15) is 4.79 Å². The van der Waals surface area contributed by atoms with Crippen molar-refractivity contribution in [1.29, 1.82) is 0 Å². The van der Waals surface area contributed by atoms with Crippen LogP contribution in [0.5, 0.6) is 11.5 Å². The number of hydrogen-bond donors (Lipinski definition) is 1. The van der Waals surface area contributed by atoms with E-state index in [1.165, 1.54) is 0 Å². The van der Waals surface area contributed by atoms with Crippen molar-refractivity contribution >= 4 is 5.91 Å². The fourth-order valence-electron chi connectivity index (χ4n) is 2.98. The molecule has 0 fully saturated rings. The Balaban J connectivity index is 2.16. The Hall–Kier alpha value is -2.49. The largest absolute Gasteiger partial charge is 0.496 e. The van der Waals surface area contributed by atoms with Gasteiger partial charge in [0.05, 0.1) is 7.11 Å². The fourth-order valence-corrected chi connectivity index (χ4v) is 2.98. The van der Waals surface area contributed by atoms with Gasteiger partial charge in [-0.15, -0.1) is 0 Å². The predicted octanol–water partition coefficient (Wildman–Crippen LogP) is 5.35. The van der Waals surface area contributed by atoms with Gasteiger partial charge in [-0.1, -0.05) is 52.8 Å². The van der Waals surface area contributed by atoms with Gasteiger partial charge in [0, 0.05) is 17.7 Å². The summed E-state index contributed by atoms with van der Waals surface area (Å²) in [4.78, 5) is 12.4. The van der Waals surface area contributed by atoms with E-state index in [4.69, 9.17) is 9.47 Å². The zero-order valence-corrected chi connectivity index (χ0v) is 18.0. The van der Waals surface area contributed by atoms with Gasteiger partial charge in [0.1, 0.15) is 18.1 Å². The molecule has 0 aromatic heterocycles. The standard InChI is InChI=1S/C24H33NO3/c1-17(2)13-14-25-23(26)18-11-12-21(27-6)19(15-18)16-28-22-10-8-7-9-20(22)24(3,4)5/h7-12,15,17H,13-14,16H2,1-6H3,(H,25,26). The first-order chi connectivity index (χ1) is 13.2. The Morgan fingerprint density at radius 1 is 1.07 bits per heavy atom. The van der Waals surface area contributed by atoms with Crippen LogP contribution in [0.25, 0.3) is 0 Å². The lowest BCUT2D eigenvalue weighted by atomic mass is 9.86. The Morgan fingerprint density at radius 2 is 1.79 bits per heavy atom. The zero-order chi connectivity index (χ0) is 20.7. The molecule has 0 radical (unpaired) electrons. The van der Waals surface area contributed by atoms with Gasteiger partial charge < -0.3 is 14.8 Å². The average molecular weight is 384 g/mol. The number of nitrogens with one attached hydrogen (secondary N) is 1. The molecule has 0 unspecified atom stereocenters. The second-order valence-corrected chi connectivity index (χ2v) is 8.50. The third-order valence-electron chi connectivity index (χ3n) is 4.63. The van der Waals surface area contributed by atoms with Crippen molar-refractivity contribution in [1.82, 2.24) is 5.32 Å². The van der Waals surface area contributed by atoms with Gasteiger partial charge in [-0.2, -0.15) is 0 Å². The molecule has 0 atom stereocenters.